The van der Waals surface area contributed by atoms with Gasteiger partial charge in [-0.25, -0.2) is 0 Å². The monoisotopic (exact) mass is 304 g/mol. The molecule has 0 bridgehead atoms. The molecule has 3 heteroatoms. The maximum Gasteiger partial charge on any atom is 0.222 e. The maximum atomic E-state index is 10.2. The van der Waals surface area contributed by atoms with Crippen LogP contribution in [0.25, 0.3) is 0 Å². The first-order valence-corrected chi connectivity index (χ1v) is 8.81. The number of aliphatic hydroxyl groups excluding tert-OH is 1. The van der Waals surface area contributed by atoms with E-state index in [9.17, 15) is 15.3 Å². The van der Waals surface area contributed by atoms with Gasteiger partial charge in [0.1, 0.15) is 5.76 Å². The molecule has 0 aromatic heterocycles. The van der Waals surface area contributed by atoms with E-state index in [0.717, 1.165) is 5.92 Å². The van der Waals surface area contributed by atoms with Gasteiger partial charge in [-0.15, -0.1) is 0 Å². The zero-order valence-corrected chi connectivity index (χ0v) is 13.6. The van der Waals surface area contributed by atoms with Crippen LogP contribution in [0.3, 0.4) is 0 Å². The third-order valence-electron chi connectivity index (χ3n) is 7.64. The van der Waals surface area contributed by atoms with Crippen LogP contribution in [0.1, 0.15) is 52.4 Å². The highest BCUT2D eigenvalue weighted by molar-refractivity contribution is 5.26. The molecule has 2 saturated carbocycles. The fourth-order valence-electron chi connectivity index (χ4n) is 6.36. The lowest BCUT2D eigenvalue weighted by Crippen LogP contribution is -2.54. The second kappa shape index (κ2) is 4.39. The molecule has 0 aromatic carbocycles. The second-order valence-corrected chi connectivity index (χ2v) is 8.84. The van der Waals surface area contributed by atoms with Crippen molar-refractivity contribution in [3.8, 4) is 0 Å². The van der Waals surface area contributed by atoms with Gasteiger partial charge in [0, 0.05) is 12.3 Å². The number of allylic oxidation sites excluding steroid dienone is 3. The minimum atomic E-state index is -2.06. The van der Waals surface area contributed by atoms with Crippen LogP contribution in [0.15, 0.2) is 24.0 Å². The first-order valence-electron chi connectivity index (χ1n) is 8.81. The third kappa shape index (κ3) is 1.81. The molecule has 0 heterocycles. The molecule has 4 aliphatic rings. The van der Waals surface area contributed by atoms with Gasteiger partial charge in [-0.05, 0) is 60.3 Å². The van der Waals surface area contributed by atoms with Crippen molar-refractivity contribution in [1.29, 1.82) is 0 Å². The van der Waals surface area contributed by atoms with Crippen molar-refractivity contribution in [2.45, 2.75) is 58.2 Å². The highest BCUT2D eigenvalue weighted by Gasteiger charge is 2.58. The van der Waals surface area contributed by atoms with E-state index < -0.39 is 5.79 Å². The Morgan fingerprint density at radius 3 is 2.59 bits per heavy atom. The normalized spacial score (nSPS) is 52.5. The largest absolute Gasteiger partial charge is 0.507 e. The lowest BCUT2D eigenvalue weighted by atomic mass is 9.48. The maximum absolute atomic E-state index is 10.2. The summed E-state index contributed by atoms with van der Waals surface area (Å²) in [5.41, 5.74) is 0.315. The summed E-state index contributed by atoms with van der Waals surface area (Å²) >= 11 is 0. The standard InChI is InChI=1S/C19H28O3/c1-17-8-3-4-14(17)13-6-5-12-10-16(20)19(21,22)11-18(12,2)15(13)7-9-17/h5-6,10,12-15,20-22H,3-4,7-9,11H2,1-2H3/t12?,13-,14-,15-,17-,18-/m0/s1. The lowest BCUT2D eigenvalue weighted by molar-refractivity contribution is -0.200. The van der Waals surface area contributed by atoms with Crippen LogP contribution in [0, 0.1) is 34.5 Å². The molecule has 22 heavy (non-hydrogen) atoms. The Labute approximate surface area is 132 Å². The molecule has 0 aromatic rings. The molecular weight excluding hydrogens is 276 g/mol. The van der Waals surface area contributed by atoms with Crippen molar-refractivity contribution < 1.29 is 15.3 Å². The Hall–Kier alpha value is -0.800. The van der Waals surface area contributed by atoms with Crippen molar-refractivity contribution in [3.05, 3.63) is 24.0 Å². The van der Waals surface area contributed by atoms with E-state index in [4.69, 9.17) is 0 Å². The lowest BCUT2D eigenvalue weighted by Gasteiger charge is -2.57. The van der Waals surface area contributed by atoms with E-state index in [0.29, 0.717) is 17.3 Å². The summed E-state index contributed by atoms with van der Waals surface area (Å²) in [6.45, 7) is 4.65. The van der Waals surface area contributed by atoms with E-state index in [1.165, 1.54) is 32.1 Å². The molecule has 3 nitrogen and oxygen atoms in total. The molecule has 0 amide bonds. The minimum Gasteiger partial charge on any atom is -0.507 e. The van der Waals surface area contributed by atoms with Gasteiger partial charge in [0.2, 0.25) is 5.79 Å². The number of aliphatic hydroxyl groups is 3. The molecule has 0 spiro atoms. The highest BCUT2D eigenvalue weighted by Crippen LogP contribution is 2.64. The number of hydrogen-bond donors (Lipinski definition) is 3. The van der Waals surface area contributed by atoms with Gasteiger partial charge in [0.05, 0.1) is 0 Å². The number of fused-ring (bicyclic) bond motifs is 5. The van der Waals surface area contributed by atoms with Crippen LogP contribution in [-0.2, 0) is 0 Å². The molecule has 1 unspecified atom stereocenters. The summed E-state index contributed by atoms with van der Waals surface area (Å²) in [7, 11) is 0. The number of rotatable bonds is 0. The van der Waals surface area contributed by atoms with E-state index in [-0.39, 0.29) is 23.5 Å². The average molecular weight is 304 g/mol. The van der Waals surface area contributed by atoms with Gasteiger partial charge in [0.15, 0.2) is 0 Å². The van der Waals surface area contributed by atoms with Gasteiger partial charge in [-0.3, -0.25) is 0 Å². The molecule has 4 rings (SSSR count). The van der Waals surface area contributed by atoms with Crippen molar-refractivity contribution in [3.63, 3.8) is 0 Å². The molecule has 0 aliphatic heterocycles. The fourth-order valence-corrected chi connectivity index (χ4v) is 6.36. The quantitative estimate of drug-likeness (QED) is 0.474. The first-order chi connectivity index (χ1) is 10.3. The Bertz CT molecular complexity index is 549. The van der Waals surface area contributed by atoms with Crippen LogP contribution in [0.5, 0.6) is 0 Å². The predicted octanol–water partition coefficient (Wildman–Crippen LogP) is 3.54. The van der Waals surface area contributed by atoms with Gasteiger partial charge in [-0.1, -0.05) is 32.4 Å². The molecule has 122 valence electrons. The van der Waals surface area contributed by atoms with Gasteiger partial charge < -0.3 is 15.3 Å². The zero-order chi connectivity index (χ0) is 15.8. The van der Waals surface area contributed by atoms with E-state index in [2.05, 4.69) is 26.0 Å². The molecule has 0 radical (unpaired) electrons. The van der Waals surface area contributed by atoms with Crippen molar-refractivity contribution in [2.24, 2.45) is 34.5 Å². The van der Waals surface area contributed by atoms with Crippen molar-refractivity contribution >= 4 is 0 Å². The summed E-state index contributed by atoms with van der Waals surface area (Å²) in [5.74, 6) is -0.427. The van der Waals surface area contributed by atoms with Crippen LogP contribution < -0.4 is 0 Å². The Kier molecular flexibility index (Phi) is 2.95. The summed E-state index contributed by atoms with van der Waals surface area (Å²) < 4.78 is 0. The smallest absolute Gasteiger partial charge is 0.222 e. The van der Waals surface area contributed by atoms with Gasteiger partial charge in [-0.2, -0.15) is 0 Å². The fraction of sp³-hybridized carbons (Fsp3) is 0.789. The van der Waals surface area contributed by atoms with E-state index in [1.807, 2.05) is 0 Å². The Balaban J connectivity index is 1.74. The number of hydrogen-bond acceptors (Lipinski definition) is 3. The first kappa shape index (κ1) is 14.8. The topological polar surface area (TPSA) is 60.7 Å². The third-order valence-corrected chi connectivity index (χ3v) is 7.64. The predicted molar refractivity (Wildman–Crippen MR) is 84.9 cm³/mol. The molecule has 4 aliphatic carbocycles. The zero-order valence-electron chi connectivity index (χ0n) is 13.6. The SMILES string of the molecule is C[C@@]12CCC[C@H]1[C@@H]1C=CC3C=C(O)C(O)(O)C[C@]3(C)[C@H]1CC2. The van der Waals surface area contributed by atoms with E-state index in [1.54, 1.807) is 6.08 Å². The Morgan fingerprint density at radius 2 is 1.82 bits per heavy atom. The van der Waals surface area contributed by atoms with Gasteiger partial charge in [0.25, 0.3) is 0 Å². The summed E-state index contributed by atoms with van der Waals surface area (Å²) in [6.07, 6.45) is 12.9. The van der Waals surface area contributed by atoms with Crippen LogP contribution in [0.2, 0.25) is 0 Å². The average Bonchev–Trinajstić information content (AvgIpc) is 2.82. The summed E-state index contributed by atoms with van der Waals surface area (Å²) in [5, 5.41) is 30.3. The van der Waals surface area contributed by atoms with Crippen LogP contribution >= 0.6 is 0 Å². The van der Waals surface area contributed by atoms with Gasteiger partial charge >= 0.3 is 0 Å². The Morgan fingerprint density at radius 1 is 1.05 bits per heavy atom. The molecular formula is C19H28O3. The molecule has 3 N–H and O–H groups in total. The molecule has 6 atom stereocenters. The van der Waals surface area contributed by atoms with Crippen LogP contribution in [0.4, 0.5) is 0 Å². The van der Waals surface area contributed by atoms with Crippen LogP contribution in [-0.4, -0.2) is 21.1 Å². The molecule has 2 fully saturated rings. The van der Waals surface area contributed by atoms with Crippen molar-refractivity contribution in [1.82, 2.24) is 0 Å². The summed E-state index contributed by atoms with van der Waals surface area (Å²) in [4.78, 5) is 0. The molecule has 0 saturated heterocycles. The minimum absolute atomic E-state index is 0.118. The highest BCUT2D eigenvalue weighted by atomic mass is 16.5. The van der Waals surface area contributed by atoms with Crippen molar-refractivity contribution in [2.75, 3.05) is 0 Å². The second-order valence-electron chi connectivity index (χ2n) is 8.84. The van der Waals surface area contributed by atoms with E-state index >= 15 is 0 Å². The summed E-state index contributed by atoms with van der Waals surface area (Å²) in [6, 6.07) is 0.